The topological polar surface area (TPSA) is 81.7 Å². The predicted molar refractivity (Wildman–Crippen MR) is 154 cm³/mol. The first-order chi connectivity index (χ1) is 18.5. The number of benzene rings is 1. The van der Waals surface area contributed by atoms with Crippen molar-refractivity contribution in [1.82, 2.24) is 19.8 Å². The monoisotopic (exact) mass is 526 g/mol. The maximum absolute atomic E-state index is 13.6. The second kappa shape index (κ2) is 10.4. The van der Waals surface area contributed by atoms with Crippen molar-refractivity contribution in [3.63, 3.8) is 0 Å². The third kappa shape index (κ3) is 5.66. The fraction of sp³-hybridized carbons (Fsp3) is 0.419. The summed E-state index contributed by atoms with van der Waals surface area (Å²) in [7, 11) is 0. The minimum absolute atomic E-state index is 0.0127. The Balaban J connectivity index is 1.31. The van der Waals surface area contributed by atoms with E-state index in [1.165, 1.54) is 17.7 Å². The number of aromatic nitrogens is 2. The van der Waals surface area contributed by atoms with E-state index in [1.54, 1.807) is 31.1 Å². The lowest BCUT2D eigenvalue weighted by Gasteiger charge is -2.27. The Morgan fingerprint density at radius 3 is 2.33 bits per heavy atom. The number of carbonyl (C=O) groups excluding carboxylic acids is 2. The molecule has 2 aliphatic heterocycles. The van der Waals surface area contributed by atoms with Gasteiger partial charge in [0, 0.05) is 25.5 Å². The zero-order valence-corrected chi connectivity index (χ0v) is 23.6. The van der Waals surface area contributed by atoms with Crippen LogP contribution in [0.4, 0.5) is 22.0 Å². The van der Waals surface area contributed by atoms with Crippen molar-refractivity contribution >= 4 is 29.1 Å². The van der Waals surface area contributed by atoms with Gasteiger partial charge >= 0.3 is 6.03 Å². The number of rotatable bonds is 7. The summed E-state index contributed by atoms with van der Waals surface area (Å²) in [5.41, 5.74) is 3.66. The van der Waals surface area contributed by atoms with Crippen molar-refractivity contribution in [3.8, 4) is 0 Å². The van der Waals surface area contributed by atoms with Gasteiger partial charge in [-0.2, -0.15) is 0 Å². The van der Waals surface area contributed by atoms with E-state index in [-0.39, 0.29) is 17.4 Å². The summed E-state index contributed by atoms with van der Waals surface area (Å²) in [6.07, 6.45) is 7.93. The Labute approximate surface area is 231 Å². The summed E-state index contributed by atoms with van der Waals surface area (Å²) in [6, 6.07) is 13.3. The van der Waals surface area contributed by atoms with Crippen LogP contribution in [0.3, 0.4) is 0 Å². The summed E-state index contributed by atoms with van der Waals surface area (Å²) < 4.78 is 0. The number of nitrogens with one attached hydrogen (secondary N) is 1. The number of carbonyl (C=O) groups is 2. The second-order valence-corrected chi connectivity index (χ2v) is 12.1. The molecular weight excluding hydrogens is 488 g/mol. The molecule has 0 spiro atoms. The van der Waals surface area contributed by atoms with Crippen LogP contribution in [0.25, 0.3) is 0 Å². The Hall–Kier alpha value is -3.78. The van der Waals surface area contributed by atoms with Crippen molar-refractivity contribution in [2.45, 2.75) is 71.5 Å². The molecule has 0 aliphatic carbocycles. The van der Waals surface area contributed by atoms with Gasteiger partial charge < -0.3 is 10.2 Å². The van der Waals surface area contributed by atoms with E-state index < -0.39 is 5.54 Å². The van der Waals surface area contributed by atoms with Crippen molar-refractivity contribution in [2.24, 2.45) is 0 Å². The predicted octanol–water partition coefficient (Wildman–Crippen LogP) is 5.86. The van der Waals surface area contributed by atoms with E-state index in [2.05, 4.69) is 47.0 Å². The summed E-state index contributed by atoms with van der Waals surface area (Å²) in [6.45, 7) is 13.5. The SMILES string of the molecule is CC(C)(C)c1ccc(N2C(=O)N(Cc3ccnc(Nc4cncc(CN5CCCC5)c4)c3)C(C)(C)C2=O)cc1. The van der Waals surface area contributed by atoms with Crippen LogP contribution in [-0.2, 0) is 23.3 Å². The Bertz CT molecular complexity index is 1360. The van der Waals surface area contributed by atoms with Crippen LogP contribution in [0.1, 0.15) is 64.2 Å². The first kappa shape index (κ1) is 26.8. The van der Waals surface area contributed by atoms with Crippen LogP contribution in [0, 0.1) is 0 Å². The molecule has 4 heterocycles. The van der Waals surface area contributed by atoms with E-state index in [0.717, 1.165) is 42.0 Å². The molecule has 0 bridgehead atoms. The molecule has 8 nitrogen and oxygen atoms in total. The molecule has 3 amide bonds. The van der Waals surface area contributed by atoms with Gasteiger partial charge in [-0.25, -0.2) is 14.7 Å². The highest BCUT2D eigenvalue weighted by Crippen LogP contribution is 2.34. The summed E-state index contributed by atoms with van der Waals surface area (Å²) in [5.74, 6) is 0.433. The van der Waals surface area contributed by atoms with Gasteiger partial charge in [-0.1, -0.05) is 32.9 Å². The number of anilines is 3. The molecule has 2 aliphatic rings. The van der Waals surface area contributed by atoms with E-state index in [0.29, 0.717) is 18.1 Å². The van der Waals surface area contributed by atoms with E-state index in [4.69, 9.17) is 0 Å². The molecule has 39 heavy (non-hydrogen) atoms. The third-order valence-electron chi connectivity index (χ3n) is 7.65. The number of urea groups is 1. The van der Waals surface area contributed by atoms with Gasteiger partial charge in [-0.15, -0.1) is 0 Å². The number of pyridine rings is 2. The van der Waals surface area contributed by atoms with Crippen molar-refractivity contribution in [3.05, 3.63) is 77.7 Å². The van der Waals surface area contributed by atoms with E-state index in [9.17, 15) is 9.59 Å². The lowest BCUT2D eigenvalue weighted by molar-refractivity contribution is -0.123. The number of likely N-dealkylation sites (tertiary alicyclic amines) is 1. The zero-order valence-electron chi connectivity index (χ0n) is 23.6. The zero-order chi connectivity index (χ0) is 27.8. The number of hydrogen-bond acceptors (Lipinski definition) is 6. The molecule has 2 fully saturated rings. The molecule has 0 atom stereocenters. The maximum Gasteiger partial charge on any atom is 0.332 e. The standard InChI is InChI=1S/C31H38N6O2/c1-30(2,3)24-8-10-26(11-9-24)37-28(38)31(4,5)36(29(37)39)21-22-12-13-33-27(17-22)34-25-16-23(18-32-19-25)20-35-14-6-7-15-35/h8-13,16-19H,6-7,14-15,20-21H2,1-5H3,(H,33,34). The molecule has 5 rings (SSSR count). The second-order valence-electron chi connectivity index (χ2n) is 12.1. The third-order valence-corrected chi connectivity index (χ3v) is 7.65. The minimum atomic E-state index is -0.982. The van der Waals surface area contributed by atoms with Crippen molar-refractivity contribution in [2.75, 3.05) is 23.3 Å². The van der Waals surface area contributed by atoms with Crippen LogP contribution in [0.15, 0.2) is 61.1 Å². The number of amides is 3. The smallest absolute Gasteiger partial charge is 0.332 e. The molecule has 2 aromatic heterocycles. The number of nitrogens with zero attached hydrogens (tertiary/aromatic N) is 5. The fourth-order valence-corrected chi connectivity index (χ4v) is 5.25. The highest BCUT2D eigenvalue weighted by atomic mass is 16.2. The normalized spacial score (nSPS) is 17.8. The average molecular weight is 527 g/mol. The highest BCUT2D eigenvalue weighted by Gasteiger charge is 2.51. The van der Waals surface area contributed by atoms with Gasteiger partial charge in [-0.3, -0.25) is 14.7 Å². The van der Waals surface area contributed by atoms with Crippen LogP contribution in [0.5, 0.6) is 0 Å². The molecule has 1 N–H and O–H groups in total. The average Bonchev–Trinajstić information content (AvgIpc) is 3.45. The Kier molecular flexibility index (Phi) is 7.16. The van der Waals surface area contributed by atoms with E-state index >= 15 is 0 Å². The summed E-state index contributed by atoms with van der Waals surface area (Å²) >= 11 is 0. The molecule has 1 aromatic carbocycles. The fourth-order valence-electron chi connectivity index (χ4n) is 5.25. The Morgan fingerprint density at radius 2 is 1.64 bits per heavy atom. The minimum Gasteiger partial charge on any atom is -0.339 e. The lowest BCUT2D eigenvalue weighted by Crippen LogP contribution is -2.43. The van der Waals surface area contributed by atoms with Gasteiger partial charge in [0.25, 0.3) is 5.91 Å². The van der Waals surface area contributed by atoms with Crippen LogP contribution in [-0.4, -0.2) is 50.3 Å². The molecule has 0 radical (unpaired) electrons. The van der Waals surface area contributed by atoms with Crippen LogP contribution in [0.2, 0.25) is 0 Å². The molecular formula is C31H38N6O2. The van der Waals surface area contributed by atoms with Crippen molar-refractivity contribution < 1.29 is 9.59 Å². The van der Waals surface area contributed by atoms with Gasteiger partial charge in [-0.05, 0) is 92.2 Å². The maximum atomic E-state index is 13.6. The molecule has 0 saturated carbocycles. The van der Waals surface area contributed by atoms with Gasteiger partial charge in [0.05, 0.1) is 17.6 Å². The van der Waals surface area contributed by atoms with Gasteiger partial charge in [0.2, 0.25) is 0 Å². The first-order valence-corrected chi connectivity index (χ1v) is 13.7. The van der Waals surface area contributed by atoms with E-state index in [1.807, 2.05) is 42.6 Å². The van der Waals surface area contributed by atoms with Crippen LogP contribution >= 0.6 is 0 Å². The number of imide groups is 1. The van der Waals surface area contributed by atoms with Gasteiger partial charge in [0.1, 0.15) is 11.4 Å². The molecule has 2 saturated heterocycles. The summed E-state index contributed by atoms with van der Waals surface area (Å²) in [4.78, 5) is 41.2. The Morgan fingerprint density at radius 1 is 0.923 bits per heavy atom. The number of hydrogen-bond donors (Lipinski definition) is 1. The quantitative estimate of drug-likeness (QED) is 0.388. The molecule has 3 aromatic rings. The van der Waals surface area contributed by atoms with Gasteiger partial charge in [0.15, 0.2) is 0 Å². The molecule has 204 valence electrons. The highest BCUT2D eigenvalue weighted by molar-refractivity contribution is 6.22. The largest absolute Gasteiger partial charge is 0.339 e. The first-order valence-electron chi connectivity index (χ1n) is 13.7. The van der Waals surface area contributed by atoms with Crippen LogP contribution < -0.4 is 10.2 Å². The molecule has 0 unspecified atom stereocenters. The summed E-state index contributed by atoms with van der Waals surface area (Å²) in [5, 5.41) is 3.35. The van der Waals surface area contributed by atoms with Crippen molar-refractivity contribution in [1.29, 1.82) is 0 Å². The lowest BCUT2D eigenvalue weighted by atomic mass is 9.87. The molecule has 8 heteroatoms.